The van der Waals surface area contributed by atoms with Crippen LogP contribution in [0.2, 0.25) is 15.1 Å². The van der Waals surface area contributed by atoms with Gasteiger partial charge in [-0.05, 0) is 68.1 Å². The van der Waals surface area contributed by atoms with E-state index in [4.69, 9.17) is 34.8 Å². The second-order valence-electron chi connectivity index (χ2n) is 10.1. The minimum absolute atomic E-state index is 0. The monoisotopic (exact) mass is 656 g/mol. The van der Waals surface area contributed by atoms with E-state index in [0.29, 0.717) is 63.4 Å². The maximum absolute atomic E-state index is 13.9. The molecule has 2 atom stereocenters. The average molecular weight is 659 g/mol. The third kappa shape index (κ3) is 7.91. The van der Waals surface area contributed by atoms with Gasteiger partial charge < -0.3 is 15.2 Å². The number of carboxylic acid groups (broad SMARTS) is 1. The van der Waals surface area contributed by atoms with Crippen molar-refractivity contribution in [2.24, 2.45) is 4.99 Å². The summed E-state index contributed by atoms with van der Waals surface area (Å²) in [6.45, 7) is 5.08. The quantitative estimate of drug-likeness (QED) is 0.175. The van der Waals surface area contributed by atoms with Crippen LogP contribution in [0.3, 0.4) is 0 Å². The first-order valence-electron chi connectivity index (χ1n) is 13.2. The van der Waals surface area contributed by atoms with E-state index in [1.165, 1.54) is 0 Å². The van der Waals surface area contributed by atoms with Crippen molar-refractivity contribution in [3.05, 3.63) is 104 Å². The number of likely N-dealkylation sites (tertiary alicyclic amines) is 1. The summed E-state index contributed by atoms with van der Waals surface area (Å²) in [7, 11) is 0. The Kier molecular flexibility index (Phi) is 11.8. The van der Waals surface area contributed by atoms with Gasteiger partial charge in [-0.15, -0.1) is 5.69 Å². The molecule has 1 fully saturated rings. The Morgan fingerprint density at radius 3 is 2.44 bits per heavy atom. The van der Waals surface area contributed by atoms with Crippen molar-refractivity contribution in [1.29, 1.82) is 0 Å². The van der Waals surface area contributed by atoms with Gasteiger partial charge in [-0.3, -0.25) is 9.89 Å². The standard InChI is InChI=1S/C31H32Cl3N3O3.Ni/c1-3-8-27(29(38)39)35-28(21-9-5-4-6-10-21)23-18-22(32)12-14-26(23)36-30(40)31(2)15-7-16-37(31)19-20-11-13-24(33)25(34)17-20;/h4-6,9-14,17-18,27H,3,7-8,15-16,19H2,1-2H3,(H2,35,36,38,39,40);/p-1/t27-,31+;/m1./s1. The first kappa shape index (κ1) is 33.1. The van der Waals surface area contributed by atoms with E-state index in [9.17, 15) is 14.7 Å². The van der Waals surface area contributed by atoms with Gasteiger partial charge in [0.25, 0.3) is 0 Å². The van der Waals surface area contributed by atoms with Crippen molar-refractivity contribution < 1.29 is 31.2 Å². The molecular formula is C31H31Cl3N3NiO3-. The molecule has 1 saturated heterocycles. The van der Waals surface area contributed by atoms with Gasteiger partial charge in [0.15, 0.2) is 0 Å². The van der Waals surface area contributed by atoms with Crippen LogP contribution in [0.4, 0.5) is 5.69 Å². The predicted octanol–water partition coefficient (Wildman–Crippen LogP) is 8.32. The first-order valence-corrected chi connectivity index (χ1v) is 14.4. The molecule has 1 aliphatic rings. The fourth-order valence-electron chi connectivity index (χ4n) is 4.97. The van der Waals surface area contributed by atoms with Crippen molar-refractivity contribution in [2.45, 2.75) is 57.7 Å². The van der Waals surface area contributed by atoms with E-state index in [-0.39, 0.29) is 22.4 Å². The summed E-state index contributed by atoms with van der Waals surface area (Å²) >= 11 is 18.7. The molecule has 4 rings (SSSR count). The van der Waals surface area contributed by atoms with Crippen LogP contribution in [0.15, 0.2) is 71.7 Å². The molecule has 1 N–H and O–H groups in total. The Morgan fingerprint density at radius 1 is 1.05 bits per heavy atom. The molecule has 0 bridgehead atoms. The summed E-state index contributed by atoms with van der Waals surface area (Å²) in [5.41, 5.74) is 2.16. The molecule has 0 unspecified atom stereocenters. The number of rotatable bonds is 10. The third-order valence-corrected chi connectivity index (χ3v) is 8.20. The van der Waals surface area contributed by atoms with Crippen LogP contribution in [-0.2, 0) is 32.6 Å². The average Bonchev–Trinajstić information content (AvgIpc) is 3.31. The zero-order valence-corrected chi connectivity index (χ0v) is 26.0. The molecule has 3 aromatic carbocycles. The SMILES string of the molecule is CCC[C@@H](N=C(c1ccccc1)c1cc(Cl)ccc1[N-]C(=O)[C@]1(C)CCCN1Cc1ccc(Cl)c(Cl)c1)C(=O)O.[Ni]. The van der Waals surface area contributed by atoms with Gasteiger partial charge in [0.05, 0.1) is 27.2 Å². The van der Waals surface area contributed by atoms with Crippen molar-refractivity contribution in [3.8, 4) is 0 Å². The minimum atomic E-state index is -1.01. The van der Waals surface area contributed by atoms with Crippen LogP contribution in [-0.4, -0.2) is 45.7 Å². The summed E-state index contributed by atoms with van der Waals surface area (Å²) in [5, 5.41) is 15.8. The molecule has 1 heterocycles. The van der Waals surface area contributed by atoms with Crippen LogP contribution >= 0.6 is 34.8 Å². The van der Waals surface area contributed by atoms with E-state index in [1.807, 2.05) is 56.3 Å². The molecule has 1 aliphatic heterocycles. The Morgan fingerprint density at radius 2 is 1.78 bits per heavy atom. The summed E-state index contributed by atoms with van der Waals surface area (Å²) in [4.78, 5) is 32.7. The van der Waals surface area contributed by atoms with E-state index in [1.54, 1.807) is 24.3 Å². The zero-order valence-electron chi connectivity index (χ0n) is 22.7. The molecule has 0 aliphatic carbocycles. The van der Waals surface area contributed by atoms with Gasteiger partial charge in [0.1, 0.15) is 6.04 Å². The van der Waals surface area contributed by atoms with Crippen LogP contribution < -0.4 is 0 Å². The number of halogens is 3. The fraction of sp³-hybridized carbons (Fsp3) is 0.323. The van der Waals surface area contributed by atoms with Crippen LogP contribution in [0.5, 0.6) is 0 Å². The summed E-state index contributed by atoms with van der Waals surface area (Å²) in [6, 6.07) is 18.9. The Labute approximate surface area is 266 Å². The normalized spacial score (nSPS) is 18.0. The largest absolute Gasteiger partial charge is 0.625 e. The van der Waals surface area contributed by atoms with E-state index in [0.717, 1.165) is 18.5 Å². The number of hydrogen-bond donors (Lipinski definition) is 1. The number of carboxylic acids is 1. The summed E-state index contributed by atoms with van der Waals surface area (Å²) in [6.07, 6.45) is 2.53. The zero-order chi connectivity index (χ0) is 28.9. The molecule has 10 heteroatoms. The molecule has 220 valence electrons. The van der Waals surface area contributed by atoms with E-state index >= 15 is 0 Å². The number of hydrogen-bond acceptors (Lipinski definition) is 4. The number of carbonyl (C=O) groups is 2. The Balaban J connectivity index is 0.00000462. The number of aliphatic imine (C=N–C) groups is 1. The molecule has 0 radical (unpaired) electrons. The van der Waals surface area contributed by atoms with E-state index in [2.05, 4.69) is 15.2 Å². The molecule has 0 aromatic heterocycles. The number of amides is 1. The first-order chi connectivity index (χ1) is 19.1. The number of carbonyl (C=O) groups excluding carboxylic acids is 1. The van der Waals surface area contributed by atoms with E-state index < -0.39 is 17.6 Å². The van der Waals surface area contributed by atoms with Crippen molar-refractivity contribution in [1.82, 2.24) is 4.90 Å². The maximum Gasteiger partial charge on any atom is 0.328 e. The summed E-state index contributed by atoms with van der Waals surface area (Å²) in [5.74, 6) is -1.30. The van der Waals surface area contributed by atoms with Gasteiger partial charge in [-0.1, -0.05) is 90.6 Å². The maximum atomic E-state index is 13.9. The van der Waals surface area contributed by atoms with Gasteiger partial charge in [-0.2, -0.15) is 0 Å². The molecule has 0 saturated carbocycles. The van der Waals surface area contributed by atoms with Crippen molar-refractivity contribution in [3.63, 3.8) is 0 Å². The smallest absolute Gasteiger partial charge is 0.328 e. The Bertz CT molecular complexity index is 1420. The number of benzene rings is 3. The van der Waals surface area contributed by atoms with Crippen molar-refractivity contribution in [2.75, 3.05) is 6.54 Å². The fourth-order valence-corrected chi connectivity index (χ4v) is 5.46. The van der Waals surface area contributed by atoms with Gasteiger partial charge in [-0.25, -0.2) is 4.79 Å². The predicted molar refractivity (Wildman–Crippen MR) is 162 cm³/mol. The summed E-state index contributed by atoms with van der Waals surface area (Å²) < 4.78 is 0. The molecule has 0 spiro atoms. The van der Waals surface area contributed by atoms with Gasteiger partial charge in [0, 0.05) is 33.6 Å². The topological polar surface area (TPSA) is 84.1 Å². The van der Waals surface area contributed by atoms with Crippen LogP contribution in [0.1, 0.15) is 56.2 Å². The molecule has 1 amide bonds. The van der Waals surface area contributed by atoms with Gasteiger partial charge in [0.2, 0.25) is 0 Å². The molecule has 3 aromatic rings. The molecule has 6 nitrogen and oxygen atoms in total. The Hall–Kier alpha value is -2.41. The number of nitrogens with zero attached hydrogens (tertiary/aromatic N) is 3. The second-order valence-corrected chi connectivity index (χ2v) is 11.4. The molecular weight excluding hydrogens is 627 g/mol. The minimum Gasteiger partial charge on any atom is -0.625 e. The second kappa shape index (κ2) is 14.7. The van der Waals surface area contributed by atoms with Crippen LogP contribution in [0.25, 0.3) is 5.32 Å². The molecule has 41 heavy (non-hydrogen) atoms. The van der Waals surface area contributed by atoms with Gasteiger partial charge >= 0.3 is 5.97 Å². The van der Waals surface area contributed by atoms with Crippen molar-refractivity contribution >= 4 is 58.1 Å². The third-order valence-electron chi connectivity index (χ3n) is 7.22. The number of aliphatic carboxylic acids is 1. The van der Waals surface area contributed by atoms with Crippen LogP contribution in [0, 0.1) is 0 Å².